The molecule has 7 heteroatoms. The molecule has 1 N–H and O–H groups in total. The van der Waals surface area contributed by atoms with Gasteiger partial charge in [0.2, 0.25) is 5.95 Å². The Bertz CT molecular complexity index is 1190. The molecular formula is C25H31N5OS. The number of rotatable bonds is 5. The Kier molecular flexibility index (Phi) is 6.00. The maximum atomic E-state index is 13.7. The standard InChI is InChI=1S/C25H31N5OS/c1-29(2)18-14-12-17(13-15-18)16-26-28-25-27-23-22(20-10-6-7-11-21(20)32-23)24(31)30(25)19-8-4-3-5-9-19/h12-16,19H,3-11H2,1-2H3,(H,27,28)/b26-16+. The van der Waals surface area contributed by atoms with E-state index in [2.05, 4.69) is 27.6 Å². The van der Waals surface area contributed by atoms with Crippen molar-refractivity contribution in [1.29, 1.82) is 0 Å². The zero-order valence-electron chi connectivity index (χ0n) is 18.9. The summed E-state index contributed by atoms with van der Waals surface area (Å²) < 4.78 is 1.91. The van der Waals surface area contributed by atoms with Gasteiger partial charge < -0.3 is 4.90 Å². The summed E-state index contributed by atoms with van der Waals surface area (Å²) in [6.45, 7) is 0. The Morgan fingerprint density at radius 3 is 2.59 bits per heavy atom. The van der Waals surface area contributed by atoms with E-state index >= 15 is 0 Å². The summed E-state index contributed by atoms with van der Waals surface area (Å²) in [7, 11) is 4.05. The van der Waals surface area contributed by atoms with Gasteiger partial charge in [0.1, 0.15) is 4.83 Å². The normalized spacial score (nSPS) is 17.1. The summed E-state index contributed by atoms with van der Waals surface area (Å²) in [6.07, 6.45) is 11.9. The lowest BCUT2D eigenvalue weighted by atomic mass is 9.94. The van der Waals surface area contributed by atoms with Gasteiger partial charge in [0.25, 0.3) is 5.56 Å². The summed E-state index contributed by atoms with van der Waals surface area (Å²) in [5.74, 6) is 0.578. The second kappa shape index (κ2) is 9.06. The van der Waals surface area contributed by atoms with E-state index in [4.69, 9.17) is 4.98 Å². The third kappa shape index (κ3) is 4.06. The number of hydrogen-bond acceptors (Lipinski definition) is 6. The van der Waals surface area contributed by atoms with E-state index in [-0.39, 0.29) is 11.6 Å². The quantitative estimate of drug-likeness (QED) is 0.421. The molecule has 0 amide bonds. The Balaban J connectivity index is 1.51. The number of fused-ring (bicyclic) bond motifs is 3. The molecule has 2 heterocycles. The molecular weight excluding hydrogens is 418 g/mol. The van der Waals surface area contributed by atoms with Crippen LogP contribution >= 0.6 is 11.3 Å². The summed E-state index contributed by atoms with van der Waals surface area (Å²) in [5, 5.41) is 5.33. The van der Waals surface area contributed by atoms with E-state index in [1.165, 1.54) is 29.7 Å². The highest BCUT2D eigenvalue weighted by Gasteiger charge is 2.26. The van der Waals surface area contributed by atoms with Crippen molar-refractivity contribution in [2.45, 2.75) is 63.8 Å². The number of nitrogens with one attached hydrogen (secondary N) is 1. The van der Waals surface area contributed by atoms with Crippen molar-refractivity contribution in [1.82, 2.24) is 9.55 Å². The molecule has 2 aromatic heterocycles. The fraction of sp³-hybridized carbons (Fsp3) is 0.480. The van der Waals surface area contributed by atoms with Crippen LogP contribution in [0.3, 0.4) is 0 Å². The lowest BCUT2D eigenvalue weighted by Crippen LogP contribution is -2.29. The molecule has 6 nitrogen and oxygen atoms in total. The molecule has 0 aliphatic heterocycles. The molecule has 0 radical (unpaired) electrons. The highest BCUT2D eigenvalue weighted by Crippen LogP contribution is 2.36. The van der Waals surface area contributed by atoms with Gasteiger partial charge in [-0.25, -0.2) is 10.4 Å². The maximum Gasteiger partial charge on any atom is 0.264 e. The van der Waals surface area contributed by atoms with Crippen LogP contribution in [0.1, 0.15) is 67.0 Å². The molecule has 0 saturated heterocycles. The van der Waals surface area contributed by atoms with Gasteiger partial charge in [-0.2, -0.15) is 5.10 Å². The van der Waals surface area contributed by atoms with Crippen molar-refractivity contribution >= 4 is 39.4 Å². The topological polar surface area (TPSA) is 62.5 Å². The summed E-state index contributed by atoms with van der Waals surface area (Å²) in [6, 6.07) is 8.42. The largest absolute Gasteiger partial charge is 0.378 e. The monoisotopic (exact) mass is 449 g/mol. The second-order valence-electron chi connectivity index (χ2n) is 9.15. The first kappa shape index (κ1) is 21.2. The minimum Gasteiger partial charge on any atom is -0.378 e. The van der Waals surface area contributed by atoms with E-state index in [1.807, 2.05) is 30.8 Å². The first-order valence-electron chi connectivity index (χ1n) is 11.7. The van der Waals surface area contributed by atoms with Gasteiger partial charge in [-0.3, -0.25) is 9.36 Å². The Labute approximate surface area is 193 Å². The van der Waals surface area contributed by atoms with Gasteiger partial charge >= 0.3 is 0 Å². The molecule has 2 aliphatic rings. The Morgan fingerprint density at radius 2 is 1.84 bits per heavy atom. The molecule has 32 heavy (non-hydrogen) atoms. The minimum atomic E-state index is 0.120. The number of nitrogens with zero attached hydrogens (tertiary/aromatic N) is 4. The van der Waals surface area contributed by atoms with Crippen molar-refractivity contribution in [2.24, 2.45) is 5.10 Å². The van der Waals surface area contributed by atoms with Gasteiger partial charge in [0, 0.05) is 30.7 Å². The van der Waals surface area contributed by atoms with Gasteiger partial charge in [-0.1, -0.05) is 31.4 Å². The number of thiophene rings is 1. The smallest absolute Gasteiger partial charge is 0.264 e. The molecule has 0 unspecified atom stereocenters. The van der Waals surface area contributed by atoms with Gasteiger partial charge in [-0.15, -0.1) is 11.3 Å². The summed E-state index contributed by atoms with van der Waals surface area (Å²) in [5.41, 5.74) is 6.66. The molecule has 0 bridgehead atoms. The van der Waals surface area contributed by atoms with Crippen LogP contribution in [0.2, 0.25) is 0 Å². The Morgan fingerprint density at radius 1 is 1.09 bits per heavy atom. The number of hydrazone groups is 1. The van der Waals surface area contributed by atoms with E-state index in [1.54, 1.807) is 17.6 Å². The van der Waals surface area contributed by atoms with Crippen molar-refractivity contribution in [2.75, 3.05) is 24.4 Å². The first-order chi connectivity index (χ1) is 15.6. The van der Waals surface area contributed by atoms with Crippen LogP contribution in [0.25, 0.3) is 10.2 Å². The molecule has 1 fully saturated rings. The van der Waals surface area contributed by atoms with Gasteiger partial charge in [-0.05, 0) is 61.8 Å². The molecule has 1 saturated carbocycles. The van der Waals surface area contributed by atoms with Crippen LogP contribution in [0, 0.1) is 0 Å². The number of benzene rings is 1. The third-order valence-electron chi connectivity index (χ3n) is 6.75. The minimum absolute atomic E-state index is 0.120. The lowest BCUT2D eigenvalue weighted by molar-refractivity contribution is 0.348. The van der Waals surface area contributed by atoms with Crippen molar-refractivity contribution in [3.63, 3.8) is 0 Å². The third-order valence-corrected chi connectivity index (χ3v) is 7.93. The molecule has 3 aromatic rings. The first-order valence-corrected chi connectivity index (χ1v) is 12.6. The van der Waals surface area contributed by atoms with E-state index in [9.17, 15) is 4.79 Å². The highest BCUT2D eigenvalue weighted by atomic mass is 32.1. The fourth-order valence-electron chi connectivity index (χ4n) is 5.00. The van der Waals surface area contributed by atoms with Gasteiger partial charge in [0.05, 0.1) is 11.6 Å². The van der Waals surface area contributed by atoms with Crippen LogP contribution in [0.15, 0.2) is 34.2 Å². The van der Waals surface area contributed by atoms with Crippen LogP contribution in [0.4, 0.5) is 11.6 Å². The number of aromatic nitrogens is 2. The van der Waals surface area contributed by atoms with Crippen LogP contribution in [0.5, 0.6) is 0 Å². The summed E-state index contributed by atoms with van der Waals surface area (Å²) >= 11 is 1.70. The highest BCUT2D eigenvalue weighted by molar-refractivity contribution is 7.18. The predicted octanol–water partition coefficient (Wildman–Crippen LogP) is 5.35. The lowest BCUT2D eigenvalue weighted by Gasteiger charge is -2.25. The van der Waals surface area contributed by atoms with Crippen molar-refractivity contribution < 1.29 is 0 Å². The summed E-state index contributed by atoms with van der Waals surface area (Å²) in [4.78, 5) is 23.0. The van der Waals surface area contributed by atoms with Crippen molar-refractivity contribution in [3.8, 4) is 0 Å². The van der Waals surface area contributed by atoms with Gasteiger partial charge in [0.15, 0.2) is 0 Å². The van der Waals surface area contributed by atoms with Crippen LogP contribution < -0.4 is 15.9 Å². The Hall–Kier alpha value is -2.67. The fourth-order valence-corrected chi connectivity index (χ4v) is 6.25. The van der Waals surface area contributed by atoms with Crippen LogP contribution in [-0.4, -0.2) is 29.9 Å². The number of anilines is 2. The van der Waals surface area contributed by atoms with E-state index in [0.717, 1.165) is 60.0 Å². The second-order valence-corrected chi connectivity index (χ2v) is 10.2. The molecule has 168 valence electrons. The molecule has 2 aliphatic carbocycles. The average Bonchev–Trinajstić information content (AvgIpc) is 3.19. The van der Waals surface area contributed by atoms with Crippen LogP contribution in [-0.2, 0) is 12.8 Å². The zero-order valence-corrected chi connectivity index (χ0v) is 19.7. The molecule has 5 rings (SSSR count). The van der Waals surface area contributed by atoms with E-state index < -0.39 is 0 Å². The van der Waals surface area contributed by atoms with E-state index in [0.29, 0.717) is 5.95 Å². The average molecular weight is 450 g/mol. The van der Waals surface area contributed by atoms with Crippen molar-refractivity contribution in [3.05, 3.63) is 50.6 Å². The molecule has 0 atom stereocenters. The SMILES string of the molecule is CN(C)c1ccc(/C=N/Nc2nc3sc4c(c3c(=O)n2C2CCCCC2)CCCC4)cc1. The zero-order chi connectivity index (χ0) is 22.1. The molecule has 0 spiro atoms. The number of hydrogen-bond donors (Lipinski definition) is 1. The maximum absolute atomic E-state index is 13.7. The number of aryl methyl sites for hydroxylation is 2. The predicted molar refractivity (Wildman–Crippen MR) is 135 cm³/mol. The molecule has 1 aromatic carbocycles.